The standard InChI is InChI=1S/C23H28N4O2S/c1-3-4-10-19-17(2)22(29)27(15-18-9-8-12-24-14-18)23(19)30-16-21(28)26-20-11-6-5-7-13-25-20/h5-9,12-14,23H,3-4,10-11,15-16H2,1-2H3,(H,25,26,28). The molecule has 0 aliphatic carbocycles. The van der Waals surface area contributed by atoms with Gasteiger partial charge in [-0.3, -0.25) is 14.6 Å². The van der Waals surface area contributed by atoms with Gasteiger partial charge in [0.1, 0.15) is 11.2 Å². The first kappa shape index (κ1) is 22.0. The van der Waals surface area contributed by atoms with Gasteiger partial charge in [-0.2, -0.15) is 0 Å². The number of nitrogens with zero attached hydrogens (tertiary/aromatic N) is 3. The topological polar surface area (TPSA) is 74.7 Å². The molecule has 7 heteroatoms. The fourth-order valence-corrected chi connectivity index (χ4v) is 4.70. The average Bonchev–Trinajstić information content (AvgIpc) is 2.92. The van der Waals surface area contributed by atoms with E-state index in [9.17, 15) is 9.59 Å². The zero-order valence-electron chi connectivity index (χ0n) is 17.5. The van der Waals surface area contributed by atoms with Gasteiger partial charge in [-0.25, -0.2) is 4.99 Å². The Morgan fingerprint density at radius 1 is 1.37 bits per heavy atom. The van der Waals surface area contributed by atoms with Crippen molar-refractivity contribution in [3.05, 3.63) is 65.7 Å². The van der Waals surface area contributed by atoms with E-state index in [1.807, 2.05) is 42.2 Å². The number of unbranched alkanes of at least 4 members (excludes halogenated alkanes) is 1. The lowest BCUT2D eigenvalue weighted by molar-refractivity contribution is -0.126. The summed E-state index contributed by atoms with van der Waals surface area (Å²) in [5.41, 5.74) is 2.94. The van der Waals surface area contributed by atoms with Gasteiger partial charge in [-0.15, -0.1) is 11.8 Å². The van der Waals surface area contributed by atoms with Crippen LogP contribution in [0.2, 0.25) is 0 Å². The Morgan fingerprint density at radius 3 is 3.00 bits per heavy atom. The van der Waals surface area contributed by atoms with Crippen LogP contribution in [0, 0.1) is 0 Å². The lowest BCUT2D eigenvalue weighted by Gasteiger charge is -2.27. The maximum absolute atomic E-state index is 13.0. The van der Waals surface area contributed by atoms with Gasteiger partial charge in [0.25, 0.3) is 5.91 Å². The van der Waals surface area contributed by atoms with E-state index >= 15 is 0 Å². The predicted octanol–water partition coefficient (Wildman–Crippen LogP) is 3.98. The highest BCUT2D eigenvalue weighted by Crippen LogP contribution is 2.37. The highest BCUT2D eigenvalue weighted by atomic mass is 32.2. The Kier molecular flexibility index (Phi) is 8.02. The van der Waals surface area contributed by atoms with E-state index in [2.05, 4.69) is 22.2 Å². The summed E-state index contributed by atoms with van der Waals surface area (Å²) < 4.78 is 0. The molecule has 0 spiro atoms. The summed E-state index contributed by atoms with van der Waals surface area (Å²) in [6.07, 6.45) is 14.4. The first-order valence-electron chi connectivity index (χ1n) is 10.3. The average molecular weight is 425 g/mol. The van der Waals surface area contributed by atoms with E-state index in [1.54, 1.807) is 18.6 Å². The normalized spacial score (nSPS) is 18.6. The number of rotatable bonds is 8. The lowest BCUT2D eigenvalue weighted by Crippen LogP contribution is -2.36. The molecule has 1 atom stereocenters. The Morgan fingerprint density at radius 2 is 2.23 bits per heavy atom. The summed E-state index contributed by atoms with van der Waals surface area (Å²) in [7, 11) is 0. The van der Waals surface area contributed by atoms with Crippen molar-refractivity contribution < 1.29 is 9.59 Å². The largest absolute Gasteiger partial charge is 0.319 e. The number of carbonyl (C=O) groups is 2. The molecule has 0 saturated heterocycles. The smallest absolute Gasteiger partial charge is 0.251 e. The maximum atomic E-state index is 13.0. The highest BCUT2D eigenvalue weighted by Gasteiger charge is 2.37. The van der Waals surface area contributed by atoms with E-state index in [4.69, 9.17) is 0 Å². The minimum atomic E-state index is -0.133. The van der Waals surface area contributed by atoms with Crippen molar-refractivity contribution in [3.8, 4) is 0 Å². The quantitative estimate of drug-likeness (QED) is 0.685. The minimum absolute atomic E-state index is 0.0475. The third-order valence-electron chi connectivity index (χ3n) is 5.05. The number of amides is 2. The Labute approximate surface area is 182 Å². The van der Waals surface area contributed by atoms with Gasteiger partial charge in [0.2, 0.25) is 5.91 Å². The Hall–Kier alpha value is -2.67. The zero-order chi connectivity index (χ0) is 21.3. The molecular weight excluding hydrogens is 396 g/mol. The van der Waals surface area contributed by atoms with Crippen LogP contribution in [0.1, 0.15) is 45.1 Å². The molecule has 1 N–H and O–H groups in total. The molecule has 3 heterocycles. The van der Waals surface area contributed by atoms with E-state index in [-0.39, 0.29) is 22.9 Å². The third-order valence-corrected chi connectivity index (χ3v) is 6.33. The maximum Gasteiger partial charge on any atom is 0.251 e. The van der Waals surface area contributed by atoms with Gasteiger partial charge in [-0.05, 0) is 43.0 Å². The molecule has 158 valence electrons. The summed E-state index contributed by atoms with van der Waals surface area (Å²) in [4.78, 5) is 35.8. The lowest BCUT2D eigenvalue weighted by atomic mass is 10.1. The molecule has 0 bridgehead atoms. The van der Waals surface area contributed by atoms with Crippen molar-refractivity contribution in [1.29, 1.82) is 0 Å². The van der Waals surface area contributed by atoms with Gasteiger partial charge in [0.15, 0.2) is 0 Å². The number of pyridine rings is 1. The first-order chi connectivity index (χ1) is 14.6. The molecule has 3 rings (SSSR count). The van der Waals surface area contributed by atoms with Crippen LogP contribution in [0.15, 0.2) is 65.1 Å². The molecule has 30 heavy (non-hydrogen) atoms. The zero-order valence-corrected chi connectivity index (χ0v) is 18.3. The van der Waals surface area contributed by atoms with Crippen LogP contribution in [0.5, 0.6) is 0 Å². The van der Waals surface area contributed by atoms with Gasteiger partial charge in [0.05, 0.1) is 5.75 Å². The number of allylic oxidation sites excluding steroid dienone is 2. The van der Waals surface area contributed by atoms with Crippen LogP contribution in [0.3, 0.4) is 0 Å². The Bertz CT molecular complexity index is 890. The van der Waals surface area contributed by atoms with E-state index < -0.39 is 0 Å². The number of nitrogens with one attached hydrogen (secondary N) is 1. The van der Waals surface area contributed by atoms with Gasteiger partial charge in [-0.1, -0.05) is 31.6 Å². The van der Waals surface area contributed by atoms with Crippen LogP contribution >= 0.6 is 11.8 Å². The number of aromatic nitrogens is 1. The number of hydrogen-bond donors (Lipinski definition) is 1. The van der Waals surface area contributed by atoms with Crippen LogP contribution in [-0.4, -0.2) is 38.7 Å². The third kappa shape index (κ3) is 5.69. The molecular formula is C23H28N4O2S. The molecule has 1 aromatic heterocycles. The fourth-order valence-electron chi connectivity index (χ4n) is 3.47. The number of amidine groups is 1. The second kappa shape index (κ2) is 10.9. The summed E-state index contributed by atoms with van der Waals surface area (Å²) in [6.45, 7) is 4.54. The molecule has 0 aromatic carbocycles. The second-order valence-electron chi connectivity index (χ2n) is 7.31. The van der Waals surface area contributed by atoms with Crippen LogP contribution in [-0.2, 0) is 16.1 Å². The second-order valence-corrected chi connectivity index (χ2v) is 8.38. The van der Waals surface area contributed by atoms with E-state index in [1.165, 1.54) is 11.8 Å². The monoisotopic (exact) mass is 424 g/mol. The van der Waals surface area contributed by atoms with Crippen LogP contribution in [0.25, 0.3) is 0 Å². The molecule has 1 aromatic rings. The van der Waals surface area contributed by atoms with Crippen LogP contribution < -0.4 is 5.32 Å². The molecule has 2 aliphatic rings. The highest BCUT2D eigenvalue weighted by molar-refractivity contribution is 8.00. The molecule has 2 aliphatic heterocycles. The molecule has 1 unspecified atom stereocenters. The molecule has 0 fully saturated rings. The minimum Gasteiger partial charge on any atom is -0.319 e. The number of carbonyl (C=O) groups excluding carboxylic acids is 2. The number of hydrogen-bond acceptors (Lipinski definition) is 5. The number of aliphatic imine (C=N–C) groups is 1. The van der Waals surface area contributed by atoms with Crippen molar-refractivity contribution in [1.82, 2.24) is 15.2 Å². The van der Waals surface area contributed by atoms with Crippen molar-refractivity contribution >= 4 is 29.4 Å². The summed E-state index contributed by atoms with van der Waals surface area (Å²) in [5, 5.41) is 2.75. The van der Waals surface area contributed by atoms with E-state index in [0.29, 0.717) is 18.8 Å². The summed E-state index contributed by atoms with van der Waals surface area (Å²) in [5.74, 6) is 0.844. The summed E-state index contributed by atoms with van der Waals surface area (Å²) >= 11 is 1.50. The first-order valence-corrected chi connectivity index (χ1v) is 11.3. The van der Waals surface area contributed by atoms with Crippen molar-refractivity contribution in [2.24, 2.45) is 4.99 Å². The SMILES string of the molecule is CCCCC1=C(C)C(=O)N(Cc2cccnc2)C1SCC(=O)NC1=NC=CC=CC1. The van der Waals surface area contributed by atoms with Crippen molar-refractivity contribution in [2.75, 3.05) is 5.75 Å². The number of thioether (sulfide) groups is 1. The Balaban J connectivity index is 1.70. The van der Waals surface area contributed by atoms with Gasteiger partial charge >= 0.3 is 0 Å². The fraction of sp³-hybridized carbons (Fsp3) is 0.391. The van der Waals surface area contributed by atoms with Gasteiger partial charge < -0.3 is 10.2 Å². The molecule has 6 nitrogen and oxygen atoms in total. The molecule has 0 saturated carbocycles. The summed E-state index contributed by atoms with van der Waals surface area (Å²) in [6, 6.07) is 3.85. The van der Waals surface area contributed by atoms with Crippen LogP contribution in [0.4, 0.5) is 0 Å². The van der Waals surface area contributed by atoms with Crippen molar-refractivity contribution in [3.63, 3.8) is 0 Å². The van der Waals surface area contributed by atoms with Crippen molar-refractivity contribution in [2.45, 2.75) is 51.4 Å². The van der Waals surface area contributed by atoms with E-state index in [0.717, 1.165) is 36.0 Å². The predicted molar refractivity (Wildman–Crippen MR) is 122 cm³/mol. The molecule has 2 amide bonds. The molecule has 0 radical (unpaired) electrons. The van der Waals surface area contributed by atoms with Gasteiger partial charge in [0, 0.05) is 37.1 Å².